The van der Waals surface area contributed by atoms with E-state index in [1.165, 1.54) is 0 Å². The molecule has 0 radical (unpaired) electrons. The van der Waals surface area contributed by atoms with Crippen molar-refractivity contribution < 1.29 is 14.3 Å². The summed E-state index contributed by atoms with van der Waals surface area (Å²) in [7, 11) is 0. The predicted molar refractivity (Wildman–Crippen MR) is 123 cm³/mol. The fourth-order valence-electron chi connectivity index (χ4n) is 5.43. The molecule has 166 valence electrons. The maximum Gasteiger partial charge on any atom is 0.254 e. The highest BCUT2D eigenvalue weighted by atomic mass is 16.5. The van der Waals surface area contributed by atoms with Gasteiger partial charge in [0.15, 0.2) is 0 Å². The predicted octanol–water partition coefficient (Wildman–Crippen LogP) is 4.41. The lowest BCUT2D eigenvalue weighted by Crippen LogP contribution is -2.28. The molecule has 1 aromatic heterocycles. The summed E-state index contributed by atoms with van der Waals surface area (Å²) < 4.78 is 8.02. The van der Waals surface area contributed by atoms with E-state index in [0.717, 1.165) is 46.2 Å². The average molecular weight is 432 g/mol. The largest absolute Gasteiger partial charge is 0.491 e. The van der Waals surface area contributed by atoms with Crippen molar-refractivity contribution in [3.05, 3.63) is 59.4 Å². The van der Waals surface area contributed by atoms with Gasteiger partial charge in [0.25, 0.3) is 11.8 Å². The molecule has 0 spiro atoms. The third kappa shape index (κ3) is 3.20. The van der Waals surface area contributed by atoms with Crippen molar-refractivity contribution in [2.45, 2.75) is 46.6 Å². The molecule has 6 nitrogen and oxygen atoms in total. The summed E-state index contributed by atoms with van der Waals surface area (Å²) in [6.45, 7) is 8.22. The lowest BCUT2D eigenvalue weighted by molar-refractivity contribution is -0.140. The Kier molecular flexibility index (Phi) is 5.03. The van der Waals surface area contributed by atoms with Crippen LogP contribution in [0.4, 0.5) is 0 Å². The molecule has 3 aliphatic rings. The molecule has 0 unspecified atom stereocenters. The van der Waals surface area contributed by atoms with Crippen LogP contribution in [0, 0.1) is 37.5 Å². The number of amides is 2. The Morgan fingerprint density at radius 1 is 1.09 bits per heavy atom. The number of imide groups is 1. The molecule has 6 heteroatoms. The third-order valence-corrected chi connectivity index (χ3v) is 7.24. The lowest BCUT2D eigenvalue weighted by Gasteiger charge is -2.14. The molecule has 1 saturated carbocycles. The minimum atomic E-state index is -0.224. The molecule has 5 rings (SSSR count). The number of fused-ring (bicyclic) bond motifs is 5. The summed E-state index contributed by atoms with van der Waals surface area (Å²) in [5.41, 5.74) is 3.98. The van der Waals surface area contributed by atoms with E-state index in [1.807, 2.05) is 44.2 Å². The Morgan fingerprint density at radius 3 is 2.31 bits per heavy atom. The Labute approximate surface area is 188 Å². The average Bonchev–Trinajstić information content (AvgIpc) is 3.52. The first-order valence-corrected chi connectivity index (χ1v) is 11.4. The van der Waals surface area contributed by atoms with Gasteiger partial charge < -0.3 is 9.30 Å². The molecule has 0 N–H and O–H groups in total. The first-order chi connectivity index (χ1) is 15.4. The number of benzene rings is 1. The van der Waals surface area contributed by atoms with Crippen molar-refractivity contribution in [2.75, 3.05) is 0 Å². The van der Waals surface area contributed by atoms with Crippen molar-refractivity contribution in [2.24, 2.45) is 28.8 Å². The second-order valence-corrected chi connectivity index (χ2v) is 9.23. The monoisotopic (exact) mass is 431 g/mol. The zero-order valence-electron chi connectivity index (χ0n) is 19.0. The summed E-state index contributed by atoms with van der Waals surface area (Å²) in [4.78, 5) is 25.7. The van der Waals surface area contributed by atoms with Gasteiger partial charge in [-0.15, -0.1) is 0 Å². The van der Waals surface area contributed by atoms with Crippen LogP contribution in [0.25, 0.3) is 5.69 Å². The van der Waals surface area contributed by atoms with Gasteiger partial charge in [0.1, 0.15) is 5.75 Å². The highest BCUT2D eigenvalue weighted by Crippen LogP contribution is 2.52. The number of carbonyl (C=O) groups is 2. The van der Waals surface area contributed by atoms with Gasteiger partial charge in [-0.3, -0.25) is 9.59 Å². The quantitative estimate of drug-likeness (QED) is 0.387. The standard InChI is InChI=1S/C26H29N3O3/c1-5-16(3)32-22-10-8-21(9-11-22)28-15(2)12-20(17(28)4)14-27-29-25(30)23-18-6-7-19(13-18)24(23)26(29)31/h6-12,14,16,18-19,23-24H,5,13H2,1-4H3/t16-,18+,19+,23-,24+/m1/s1. The maximum absolute atomic E-state index is 12.9. The normalized spacial score (nSPS) is 27.1. The van der Waals surface area contributed by atoms with E-state index in [0.29, 0.717) is 0 Å². The van der Waals surface area contributed by atoms with Crippen molar-refractivity contribution in [3.8, 4) is 11.4 Å². The van der Waals surface area contributed by atoms with Gasteiger partial charge in [-0.1, -0.05) is 19.1 Å². The van der Waals surface area contributed by atoms with Crippen molar-refractivity contribution in [1.82, 2.24) is 9.58 Å². The summed E-state index contributed by atoms with van der Waals surface area (Å²) >= 11 is 0. The fraction of sp³-hybridized carbons (Fsp3) is 0.423. The topological polar surface area (TPSA) is 63.9 Å². The van der Waals surface area contributed by atoms with Crippen LogP contribution in [0.2, 0.25) is 0 Å². The van der Waals surface area contributed by atoms with E-state index < -0.39 is 0 Å². The minimum absolute atomic E-state index is 0.154. The van der Waals surface area contributed by atoms with Crippen LogP contribution in [0.3, 0.4) is 0 Å². The summed E-state index contributed by atoms with van der Waals surface area (Å²) in [5, 5.41) is 5.45. The van der Waals surface area contributed by atoms with Gasteiger partial charge in [0.2, 0.25) is 0 Å². The number of hydrazone groups is 1. The van der Waals surface area contributed by atoms with Crippen LogP contribution in [-0.2, 0) is 9.59 Å². The number of hydrogen-bond acceptors (Lipinski definition) is 4. The number of allylic oxidation sites excluding steroid dienone is 2. The molecule has 1 aromatic carbocycles. The van der Waals surface area contributed by atoms with Crippen molar-refractivity contribution >= 4 is 18.0 Å². The van der Waals surface area contributed by atoms with Crippen LogP contribution in [-0.4, -0.2) is 33.7 Å². The van der Waals surface area contributed by atoms with E-state index in [1.54, 1.807) is 6.21 Å². The van der Waals surface area contributed by atoms with Gasteiger partial charge >= 0.3 is 0 Å². The first kappa shape index (κ1) is 20.7. The van der Waals surface area contributed by atoms with E-state index in [4.69, 9.17) is 4.74 Å². The Hall–Kier alpha value is -3.15. The molecule has 5 atom stereocenters. The molecular weight excluding hydrogens is 402 g/mol. The van der Waals surface area contributed by atoms with E-state index in [-0.39, 0.29) is 41.6 Å². The van der Waals surface area contributed by atoms with Crippen molar-refractivity contribution in [1.29, 1.82) is 0 Å². The molecular formula is C26H29N3O3. The van der Waals surface area contributed by atoms with Crippen LogP contribution < -0.4 is 4.74 Å². The van der Waals surface area contributed by atoms with Crippen LogP contribution in [0.1, 0.15) is 43.6 Å². The van der Waals surface area contributed by atoms with E-state index in [9.17, 15) is 9.59 Å². The zero-order valence-corrected chi connectivity index (χ0v) is 19.0. The van der Waals surface area contributed by atoms with Crippen molar-refractivity contribution in [3.63, 3.8) is 0 Å². The molecule has 2 amide bonds. The van der Waals surface area contributed by atoms with Gasteiger partial charge in [-0.05, 0) is 75.8 Å². The number of aromatic nitrogens is 1. The van der Waals surface area contributed by atoms with E-state index >= 15 is 0 Å². The van der Waals surface area contributed by atoms with Gasteiger partial charge in [0.05, 0.1) is 24.2 Å². The number of ether oxygens (including phenoxy) is 1. The molecule has 2 aliphatic carbocycles. The zero-order chi connectivity index (χ0) is 22.6. The first-order valence-electron chi connectivity index (χ1n) is 11.4. The lowest BCUT2D eigenvalue weighted by atomic mass is 9.85. The smallest absolute Gasteiger partial charge is 0.254 e. The summed E-state index contributed by atoms with van der Waals surface area (Å²) in [5.74, 6) is 0.486. The molecule has 2 heterocycles. The van der Waals surface area contributed by atoms with Crippen LogP contribution in [0.15, 0.2) is 47.6 Å². The number of hydrogen-bond donors (Lipinski definition) is 0. The third-order valence-electron chi connectivity index (χ3n) is 7.24. The molecule has 2 fully saturated rings. The minimum Gasteiger partial charge on any atom is -0.491 e. The Balaban J connectivity index is 1.36. The highest BCUT2D eigenvalue weighted by molar-refractivity contribution is 6.06. The summed E-state index contributed by atoms with van der Waals surface area (Å²) in [6, 6.07) is 10.1. The number of aryl methyl sites for hydroxylation is 1. The SMILES string of the molecule is CC[C@@H](C)Oc1ccc(-n2c(C)cc(C=NN3C(=O)[C@@H]4[C@H](C3=O)[C@H]3C=C[C@H]4C3)c2C)cc1. The van der Waals surface area contributed by atoms with Crippen LogP contribution in [0.5, 0.6) is 5.75 Å². The number of carbonyl (C=O) groups excluding carboxylic acids is 2. The van der Waals surface area contributed by atoms with Gasteiger partial charge in [-0.25, -0.2) is 0 Å². The Bertz CT molecular complexity index is 1100. The second-order valence-electron chi connectivity index (χ2n) is 9.23. The highest BCUT2D eigenvalue weighted by Gasteiger charge is 2.59. The summed E-state index contributed by atoms with van der Waals surface area (Å²) in [6.07, 6.45) is 7.90. The number of nitrogens with zero attached hydrogens (tertiary/aromatic N) is 3. The molecule has 2 aromatic rings. The molecule has 1 saturated heterocycles. The maximum atomic E-state index is 12.9. The molecule has 2 bridgehead atoms. The molecule has 32 heavy (non-hydrogen) atoms. The van der Waals surface area contributed by atoms with Gasteiger partial charge in [-0.2, -0.15) is 10.1 Å². The number of rotatable bonds is 6. The van der Waals surface area contributed by atoms with Gasteiger partial charge in [0, 0.05) is 22.6 Å². The Morgan fingerprint density at radius 2 is 1.72 bits per heavy atom. The molecule has 1 aliphatic heterocycles. The van der Waals surface area contributed by atoms with Crippen LogP contribution >= 0.6 is 0 Å². The fourth-order valence-corrected chi connectivity index (χ4v) is 5.43. The second kappa shape index (κ2) is 7.76. The van der Waals surface area contributed by atoms with E-state index in [2.05, 4.69) is 35.7 Å².